The van der Waals surface area contributed by atoms with E-state index in [1.807, 2.05) is 66.7 Å². The molecule has 180 valence electrons. The predicted molar refractivity (Wildman–Crippen MR) is 144 cm³/mol. The highest BCUT2D eigenvalue weighted by atomic mass is 79.9. The smallest absolute Gasteiger partial charge is 0.305 e. The molecule has 1 saturated heterocycles. The van der Waals surface area contributed by atoms with E-state index in [0.717, 1.165) is 31.8 Å². The molecule has 3 atom stereocenters. The number of nitrogens with zero attached hydrogens (tertiary/aromatic N) is 1. The van der Waals surface area contributed by atoms with Gasteiger partial charge in [-0.05, 0) is 47.5 Å². The van der Waals surface area contributed by atoms with Crippen LogP contribution < -0.4 is 14.5 Å². The van der Waals surface area contributed by atoms with Crippen molar-refractivity contribution in [2.45, 2.75) is 22.8 Å². The average Bonchev–Trinajstić information content (AvgIpc) is 3.38. The molecule has 9 heteroatoms. The van der Waals surface area contributed by atoms with Crippen molar-refractivity contribution in [3.63, 3.8) is 0 Å². The molecule has 2 amide bonds. The second kappa shape index (κ2) is 9.38. The standard InChI is InChI=1S/C27H19BrN2O4S2/c28-17-9-11-18(12-10-17)30-25(31)21-20(22-24(29-27(33)36-22)35-23(21)26(30)32)16-7-4-8-19(13-16)34-14-15-5-2-1-3-6-15/h1-13,20-21,23H,14H2,(H,29,33). The quantitative estimate of drug-likeness (QED) is 0.313. The molecule has 36 heavy (non-hydrogen) atoms. The van der Waals surface area contributed by atoms with Crippen molar-refractivity contribution >= 4 is 56.5 Å². The van der Waals surface area contributed by atoms with Gasteiger partial charge in [-0.25, -0.2) is 4.90 Å². The minimum absolute atomic E-state index is 0.196. The number of H-pyrrole nitrogens is 1. The van der Waals surface area contributed by atoms with Crippen molar-refractivity contribution in [2.24, 2.45) is 5.92 Å². The Hall–Kier alpha value is -3.14. The lowest BCUT2D eigenvalue weighted by molar-refractivity contribution is -0.122. The molecule has 3 unspecified atom stereocenters. The summed E-state index contributed by atoms with van der Waals surface area (Å²) < 4.78 is 6.90. The predicted octanol–water partition coefficient (Wildman–Crippen LogP) is 5.57. The van der Waals surface area contributed by atoms with Crippen molar-refractivity contribution < 1.29 is 14.3 Å². The van der Waals surface area contributed by atoms with Gasteiger partial charge in [-0.1, -0.05) is 81.5 Å². The van der Waals surface area contributed by atoms with Crippen LogP contribution in [0.2, 0.25) is 0 Å². The Morgan fingerprint density at radius 2 is 1.69 bits per heavy atom. The second-order valence-corrected chi connectivity index (χ2v) is 11.7. The van der Waals surface area contributed by atoms with Crippen LogP contribution in [-0.4, -0.2) is 22.0 Å². The van der Waals surface area contributed by atoms with Gasteiger partial charge in [0.15, 0.2) is 0 Å². The van der Waals surface area contributed by atoms with Crippen LogP contribution in [0.3, 0.4) is 0 Å². The van der Waals surface area contributed by atoms with E-state index in [9.17, 15) is 14.4 Å². The first-order valence-electron chi connectivity index (χ1n) is 11.3. The molecule has 0 saturated carbocycles. The number of benzene rings is 3. The molecular formula is C27H19BrN2O4S2. The molecule has 1 aromatic heterocycles. The average molecular weight is 579 g/mol. The van der Waals surface area contributed by atoms with Crippen LogP contribution in [0.4, 0.5) is 5.69 Å². The fraction of sp³-hybridized carbons (Fsp3) is 0.148. The summed E-state index contributed by atoms with van der Waals surface area (Å²) in [5.74, 6) is -0.928. The Bertz CT molecular complexity index is 1520. The summed E-state index contributed by atoms with van der Waals surface area (Å²) >= 11 is 5.78. The number of thiazole rings is 1. The number of amides is 2. The third-order valence-corrected chi connectivity index (χ3v) is 9.30. The molecule has 6 nitrogen and oxygen atoms in total. The van der Waals surface area contributed by atoms with E-state index >= 15 is 0 Å². The van der Waals surface area contributed by atoms with Crippen LogP contribution in [0.15, 0.2) is 93.2 Å². The number of ether oxygens (including phenoxy) is 1. The Balaban J connectivity index is 1.38. The number of imide groups is 1. The maximum atomic E-state index is 13.8. The van der Waals surface area contributed by atoms with Crippen molar-refractivity contribution in [1.29, 1.82) is 0 Å². The zero-order chi connectivity index (χ0) is 24.8. The van der Waals surface area contributed by atoms with Crippen molar-refractivity contribution in [2.75, 3.05) is 4.90 Å². The highest BCUT2D eigenvalue weighted by Gasteiger charge is 2.56. The summed E-state index contributed by atoms with van der Waals surface area (Å²) in [4.78, 5) is 44.4. The number of carbonyl (C=O) groups excluding carboxylic acids is 2. The van der Waals surface area contributed by atoms with Gasteiger partial charge in [-0.3, -0.25) is 14.4 Å². The number of carbonyl (C=O) groups is 2. The second-order valence-electron chi connectivity index (χ2n) is 8.58. The van der Waals surface area contributed by atoms with Crippen LogP contribution in [0, 0.1) is 5.92 Å². The maximum Gasteiger partial charge on any atom is 0.305 e. The SMILES string of the molecule is O=C1C2Sc3[nH]c(=O)sc3C(c3cccc(OCc4ccccc4)c3)C2C(=O)N1c1ccc(Br)cc1. The minimum Gasteiger partial charge on any atom is -0.489 e. The monoisotopic (exact) mass is 578 g/mol. The van der Waals surface area contributed by atoms with Crippen LogP contribution in [0.1, 0.15) is 21.9 Å². The lowest BCUT2D eigenvalue weighted by Gasteiger charge is -2.30. The van der Waals surface area contributed by atoms with Crippen molar-refractivity contribution in [3.8, 4) is 5.75 Å². The summed E-state index contributed by atoms with van der Waals surface area (Å²) in [7, 11) is 0. The molecule has 0 aliphatic carbocycles. The minimum atomic E-state index is -0.630. The Morgan fingerprint density at radius 3 is 2.47 bits per heavy atom. The summed E-state index contributed by atoms with van der Waals surface area (Å²) in [6.45, 7) is 0.411. The fourth-order valence-corrected chi connectivity index (χ4v) is 7.54. The lowest BCUT2D eigenvalue weighted by Crippen LogP contribution is -2.32. The van der Waals surface area contributed by atoms with E-state index in [1.54, 1.807) is 12.1 Å². The van der Waals surface area contributed by atoms with Gasteiger partial charge >= 0.3 is 4.87 Å². The van der Waals surface area contributed by atoms with Crippen LogP contribution in [0.5, 0.6) is 5.75 Å². The normalized spacial score (nSPS) is 20.8. The molecule has 1 N–H and O–H groups in total. The molecule has 4 aromatic rings. The summed E-state index contributed by atoms with van der Waals surface area (Å²) in [6.07, 6.45) is 0. The number of rotatable bonds is 5. The van der Waals surface area contributed by atoms with Crippen LogP contribution in [-0.2, 0) is 16.2 Å². The Morgan fingerprint density at radius 1 is 0.917 bits per heavy atom. The molecule has 2 aliphatic heterocycles. The summed E-state index contributed by atoms with van der Waals surface area (Å²) in [5, 5.41) is 0.0310. The first-order chi connectivity index (χ1) is 17.5. The third-order valence-electron chi connectivity index (χ3n) is 6.37. The van der Waals surface area contributed by atoms with E-state index in [0.29, 0.717) is 23.1 Å². The number of hydrogen-bond donors (Lipinski definition) is 1. The molecule has 6 rings (SSSR count). The number of fused-ring (bicyclic) bond motifs is 2. The van der Waals surface area contributed by atoms with E-state index in [1.165, 1.54) is 16.7 Å². The number of thioether (sulfide) groups is 1. The van der Waals surface area contributed by atoms with Crippen molar-refractivity contribution in [3.05, 3.63) is 109 Å². The Kier molecular flexibility index (Phi) is 6.07. The van der Waals surface area contributed by atoms with Gasteiger partial charge in [-0.2, -0.15) is 0 Å². The molecule has 0 radical (unpaired) electrons. The van der Waals surface area contributed by atoms with Gasteiger partial charge in [0, 0.05) is 15.3 Å². The van der Waals surface area contributed by atoms with Gasteiger partial charge in [0.1, 0.15) is 17.6 Å². The van der Waals surface area contributed by atoms with E-state index < -0.39 is 17.1 Å². The molecule has 3 heterocycles. The van der Waals surface area contributed by atoms with Crippen LogP contribution >= 0.6 is 39.0 Å². The number of hydrogen-bond acceptors (Lipinski definition) is 6. The molecule has 2 aliphatic rings. The zero-order valence-electron chi connectivity index (χ0n) is 18.7. The number of aromatic nitrogens is 1. The molecule has 3 aromatic carbocycles. The van der Waals surface area contributed by atoms with E-state index in [2.05, 4.69) is 20.9 Å². The summed E-state index contributed by atoms with van der Waals surface area (Å²) in [6, 6.07) is 24.6. The molecular weight excluding hydrogens is 560 g/mol. The largest absolute Gasteiger partial charge is 0.489 e. The first kappa shape index (κ1) is 23.3. The van der Waals surface area contributed by atoms with Gasteiger partial charge in [0.2, 0.25) is 11.8 Å². The van der Waals surface area contributed by atoms with Crippen molar-refractivity contribution in [1.82, 2.24) is 4.98 Å². The van der Waals surface area contributed by atoms with Gasteiger partial charge in [0.25, 0.3) is 0 Å². The molecule has 0 bridgehead atoms. The first-order valence-corrected chi connectivity index (χ1v) is 13.8. The molecule has 0 spiro atoms. The van der Waals surface area contributed by atoms with Gasteiger partial charge in [0.05, 0.1) is 16.6 Å². The highest BCUT2D eigenvalue weighted by Crippen LogP contribution is 2.53. The number of aromatic amines is 1. The summed E-state index contributed by atoms with van der Waals surface area (Å²) in [5.41, 5.74) is 2.43. The van der Waals surface area contributed by atoms with E-state index in [4.69, 9.17) is 4.74 Å². The fourth-order valence-electron chi connectivity index (χ4n) is 4.76. The third kappa shape index (κ3) is 4.11. The van der Waals surface area contributed by atoms with E-state index in [-0.39, 0.29) is 16.7 Å². The maximum absolute atomic E-state index is 13.8. The van der Waals surface area contributed by atoms with Crippen LogP contribution in [0.25, 0.3) is 0 Å². The highest BCUT2D eigenvalue weighted by molar-refractivity contribution is 9.10. The zero-order valence-corrected chi connectivity index (χ0v) is 21.9. The molecule has 1 fully saturated rings. The number of halogens is 1. The number of nitrogens with one attached hydrogen (secondary N) is 1. The van der Waals surface area contributed by atoms with Gasteiger partial charge in [-0.15, -0.1) is 0 Å². The lowest BCUT2D eigenvalue weighted by atomic mass is 9.83. The van der Waals surface area contributed by atoms with Gasteiger partial charge < -0.3 is 9.72 Å². The topological polar surface area (TPSA) is 79.5 Å². The number of anilines is 1. The Labute approximate surface area is 223 Å².